The average Bonchev–Trinajstić information content (AvgIpc) is 2.23. The zero-order valence-corrected chi connectivity index (χ0v) is 8.64. The van der Waals surface area contributed by atoms with Crippen LogP contribution in [0.5, 0.6) is 5.75 Å². The van der Waals surface area contributed by atoms with Crippen LogP contribution in [0.1, 0.15) is 30.6 Å². The summed E-state index contributed by atoms with van der Waals surface area (Å²) in [4.78, 5) is 11.3. The van der Waals surface area contributed by atoms with E-state index in [4.69, 9.17) is 4.74 Å². The lowest BCUT2D eigenvalue weighted by atomic mass is 10.1. The Balaban J connectivity index is 3.16. The first-order valence-corrected chi connectivity index (χ1v) is 4.75. The summed E-state index contributed by atoms with van der Waals surface area (Å²) < 4.78 is 31.1. The highest BCUT2D eigenvalue weighted by atomic mass is 19.2. The fourth-order valence-electron chi connectivity index (χ4n) is 1.19. The molecule has 0 spiro atoms. The summed E-state index contributed by atoms with van der Waals surface area (Å²) in [5.41, 5.74) is 0.139. The van der Waals surface area contributed by atoms with E-state index in [2.05, 4.69) is 0 Å². The maximum Gasteiger partial charge on any atom is 0.200 e. The molecule has 0 aliphatic heterocycles. The van der Waals surface area contributed by atoms with Crippen molar-refractivity contribution in [3.63, 3.8) is 0 Å². The molecule has 1 aromatic rings. The van der Waals surface area contributed by atoms with Crippen molar-refractivity contribution in [2.45, 2.75) is 20.3 Å². The van der Waals surface area contributed by atoms with Gasteiger partial charge in [-0.15, -0.1) is 0 Å². The Morgan fingerprint density at radius 3 is 2.53 bits per heavy atom. The first kappa shape index (κ1) is 11.6. The number of benzene rings is 1. The van der Waals surface area contributed by atoms with Gasteiger partial charge in [0.05, 0.1) is 6.61 Å². The molecule has 1 rings (SSSR count). The highest BCUT2D eigenvalue weighted by Crippen LogP contribution is 2.22. The molecule has 0 N–H and O–H groups in total. The summed E-state index contributed by atoms with van der Waals surface area (Å²) in [5.74, 6) is -2.56. The molecule has 0 fully saturated rings. The van der Waals surface area contributed by atoms with E-state index in [0.29, 0.717) is 0 Å². The van der Waals surface area contributed by atoms with Crippen LogP contribution in [0.2, 0.25) is 0 Å². The number of rotatable bonds is 4. The minimum Gasteiger partial charge on any atom is -0.491 e. The SMILES string of the molecule is CCOc1cc(C(=O)CC)cc(F)c1F. The van der Waals surface area contributed by atoms with Gasteiger partial charge in [-0.25, -0.2) is 4.39 Å². The van der Waals surface area contributed by atoms with Crippen molar-refractivity contribution in [1.29, 1.82) is 0 Å². The second kappa shape index (κ2) is 4.87. The number of hydrogen-bond acceptors (Lipinski definition) is 2. The molecule has 2 nitrogen and oxygen atoms in total. The first-order valence-electron chi connectivity index (χ1n) is 4.75. The molecular weight excluding hydrogens is 202 g/mol. The Morgan fingerprint density at radius 2 is 2.00 bits per heavy atom. The van der Waals surface area contributed by atoms with Crippen LogP contribution in [-0.4, -0.2) is 12.4 Å². The number of ketones is 1. The van der Waals surface area contributed by atoms with Crippen LogP contribution >= 0.6 is 0 Å². The average molecular weight is 214 g/mol. The van der Waals surface area contributed by atoms with Gasteiger partial charge in [-0.3, -0.25) is 4.79 Å². The molecule has 0 aliphatic rings. The summed E-state index contributed by atoms with van der Waals surface area (Å²) in [7, 11) is 0. The second-order valence-electron chi connectivity index (χ2n) is 2.98. The number of carbonyl (C=O) groups excluding carboxylic acids is 1. The van der Waals surface area contributed by atoms with E-state index >= 15 is 0 Å². The third-order valence-electron chi connectivity index (χ3n) is 1.94. The Kier molecular flexibility index (Phi) is 3.77. The minimum atomic E-state index is -1.06. The lowest BCUT2D eigenvalue weighted by Gasteiger charge is -2.07. The van der Waals surface area contributed by atoms with Gasteiger partial charge in [-0.1, -0.05) is 6.92 Å². The molecule has 4 heteroatoms. The molecule has 0 unspecified atom stereocenters. The summed E-state index contributed by atoms with van der Waals surface area (Å²) >= 11 is 0. The van der Waals surface area contributed by atoms with Gasteiger partial charge < -0.3 is 4.74 Å². The quantitative estimate of drug-likeness (QED) is 0.720. The molecule has 0 saturated carbocycles. The highest BCUT2D eigenvalue weighted by Gasteiger charge is 2.14. The molecule has 0 aromatic heterocycles. The van der Waals surface area contributed by atoms with Gasteiger partial charge in [0.2, 0.25) is 5.82 Å². The third kappa shape index (κ3) is 2.52. The van der Waals surface area contributed by atoms with Gasteiger partial charge in [-0.2, -0.15) is 4.39 Å². The van der Waals surface area contributed by atoms with Crippen molar-refractivity contribution in [1.82, 2.24) is 0 Å². The Bertz CT molecular complexity index is 375. The van der Waals surface area contributed by atoms with E-state index in [0.717, 1.165) is 6.07 Å². The largest absolute Gasteiger partial charge is 0.491 e. The molecular formula is C11H12F2O2. The second-order valence-corrected chi connectivity index (χ2v) is 2.98. The van der Waals surface area contributed by atoms with E-state index in [1.54, 1.807) is 13.8 Å². The van der Waals surface area contributed by atoms with Gasteiger partial charge in [-0.05, 0) is 19.1 Å². The predicted molar refractivity (Wildman–Crippen MR) is 52.1 cm³/mol. The highest BCUT2D eigenvalue weighted by molar-refractivity contribution is 5.96. The molecule has 0 aliphatic carbocycles. The summed E-state index contributed by atoms with van der Waals surface area (Å²) in [6, 6.07) is 2.12. The molecule has 0 atom stereocenters. The van der Waals surface area contributed by atoms with Crippen molar-refractivity contribution in [2.24, 2.45) is 0 Å². The van der Waals surface area contributed by atoms with Crippen molar-refractivity contribution >= 4 is 5.78 Å². The molecule has 1 aromatic carbocycles. The topological polar surface area (TPSA) is 26.3 Å². The van der Waals surface area contributed by atoms with Crippen LogP contribution in [0.25, 0.3) is 0 Å². The van der Waals surface area contributed by atoms with Gasteiger partial charge in [0, 0.05) is 12.0 Å². The number of halogens is 2. The van der Waals surface area contributed by atoms with Crippen LogP contribution < -0.4 is 4.74 Å². The molecule has 0 radical (unpaired) electrons. The van der Waals surface area contributed by atoms with Gasteiger partial charge in [0.25, 0.3) is 0 Å². The van der Waals surface area contributed by atoms with Crippen molar-refractivity contribution in [3.8, 4) is 5.75 Å². The normalized spacial score (nSPS) is 10.1. The lowest BCUT2D eigenvalue weighted by molar-refractivity contribution is 0.0987. The smallest absolute Gasteiger partial charge is 0.200 e. The minimum absolute atomic E-state index is 0.139. The van der Waals surface area contributed by atoms with E-state index in [1.807, 2.05) is 0 Å². The van der Waals surface area contributed by atoms with Crippen LogP contribution in [0, 0.1) is 11.6 Å². The van der Waals surface area contributed by atoms with Gasteiger partial charge in [0.15, 0.2) is 17.3 Å². The van der Waals surface area contributed by atoms with E-state index in [-0.39, 0.29) is 30.1 Å². The van der Waals surface area contributed by atoms with E-state index in [9.17, 15) is 13.6 Å². The summed E-state index contributed by atoms with van der Waals surface area (Å²) in [6.07, 6.45) is 0.247. The zero-order valence-electron chi connectivity index (χ0n) is 8.64. The molecule has 82 valence electrons. The van der Waals surface area contributed by atoms with Crippen molar-refractivity contribution in [3.05, 3.63) is 29.3 Å². The Morgan fingerprint density at radius 1 is 1.33 bits per heavy atom. The zero-order chi connectivity index (χ0) is 11.4. The molecule has 0 bridgehead atoms. The van der Waals surface area contributed by atoms with E-state index < -0.39 is 11.6 Å². The number of hydrogen-bond donors (Lipinski definition) is 0. The monoisotopic (exact) mass is 214 g/mol. The molecule has 0 heterocycles. The van der Waals surface area contributed by atoms with Crippen LogP contribution in [0.4, 0.5) is 8.78 Å². The predicted octanol–water partition coefficient (Wildman–Crippen LogP) is 2.96. The van der Waals surface area contributed by atoms with Gasteiger partial charge >= 0.3 is 0 Å². The van der Waals surface area contributed by atoms with Crippen molar-refractivity contribution < 1.29 is 18.3 Å². The molecule has 0 amide bonds. The summed E-state index contributed by atoms with van der Waals surface area (Å²) in [5, 5.41) is 0. The standard InChI is InChI=1S/C11H12F2O2/c1-3-9(14)7-5-8(12)11(13)10(6-7)15-4-2/h5-6H,3-4H2,1-2H3. The first-order chi connectivity index (χ1) is 7.10. The third-order valence-corrected chi connectivity index (χ3v) is 1.94. The lowest BCUT2D eigenvalue weighted by Crippen LogP contribution is -2.03. The summed E-state index contributed by atoms with van der Waals surface area (Å²) in [6.45, 7) is 3.54. The van der Waals surface area contributed by atoms with E-state index in [1.165, 1.54) is 6.07 Å². The molecule has 15 heavy (non-hydrogen) atoms. The number of Topliss-reactive ketones (excluding diaryl/α,β-unsaturated/α-hetero) is 1. The maximum atomic E-state index is 13.1. The number of carbonyl (C=O) groups is 1. The molecule has 0 saturated heterocycles. The van der Waals surface area contributed by atoms with Crippen LogP contribution in [0.15, 0.2) is 12.1 Å². The number of ether oxygens (including phenoxy) is 1. The maximum absolute atomic E-state index is 13.1. The fraction of sp³-hybridized carbons (Fsp3) is 0.364. The van der Waals surface area contributed by atoms with Crippen LogP contribution in [0.3, 0.4) is 0 Å². The Hall–Kier alpha value is -1.45. The Labute approximate surface area is 86.9 Å². The van der Waals surface area contributed by atoms with Crippen molar-refractivity contribution in [2.75, 3.05) is 6.61 Å². The fourth-order valence-corrected chi connectivity index (χ4v) is 1.19. The van der Waals surface area contributed by atoms with Gasteiger partial charge in [0.1, 0.15) is 0 Å². The van der Waals surface area contributed by atoms with Crippen LogP contribution in [-0.2, 0) is 0 Å².